The van der Waals surface area contributed by atoms with Crippen molar-refractivity contribution in [2.24, 2.45) is 4.99 Å². The molecular formula is C16H22N2. The average molecular weight is 242 g/mol. The van der Waals surface area contributed by atoms with Crippen LogP contribution in [0, 0.1) is 0 Å². The number of hydrogen-bond donors (Lipinski definition) is 1. The summed E-state index contributed by atoms with van der Waals surface area (Å²) in [5.41, 5.74) is 5.36. The van der Waals surface area contributed by atoms with E-state index in [0.717, 1.165) is 35.5 Å². The summed E-state index contributed by atoms with van der Waals surface area (Å²) in [7, 11) is 0. The third-order valence-corrected chi connectivity index (χ3v) is 2.87. The summed E-state index contributed by atoms with van der Waals surface area (Å²) < 4.78 is 0. The molecule has 0 aliphatic carbocycles. The molecule has 18 heavy (non-hydrogen) atoms. The monoisotopic (exact) mass is 242 g/mol. The van der Waals surface area contributed by atoms with Gasteiger partial charge in [0.2, 0.25) is 0 Å². The quantitative estimate of drug-likeness (QED) is 0.748. The van der Waals surface area contributed by atoms with E-state index < -0.39 is 0 Å². The second-order valence-corrected chi connectivity index (χ2v) is 3.82. The molecule has 1 heterocycles. The van der Waals surface area contributed by atoms with Crippen molar-refractivity contribution in [3.63, 3.8) is 0 Å². The van der Waals surface area contributed by atoms with E-state index in [1.165, 1.54) is 5.56 Å². The number of benzene rings is 1. The zero-order chi connectivity index (χ0) is 13.5. The highest BCUT2D eigenvalue weighted by molar-refractivity contribution is 5.89. The number of nitrogens with zero attached hydrogens (tertiary/aromatic N) is 1. The van der Waals surface area contributed by atoms with E-state index in [4.69, 9.17) is 0 Å². The molecule has 0 unspecified atom stereocenters. The molecule has 96 valence electrons. The minimum Gasteiger partial charge on any atom is -0.379 e. The van der Waals surface area contributed by atoms with Crippen LogP contribution in [0.5, 0.6) is 0 Å². The minimum absolute atomic E-state index is 0.845. The Morgan fingerprint density at radius 3 is 2.72 bits per heavy atom. The third kappa shape index (κ3) is 2.70. The number of fused-ring (bicyclic) bond motifs is 1. The molecule has 2 nitrogen and oxygen atoms in total. The molecule has 2 heteroatoms. The molecule has 1 N–H and O–H groups in total. The topological polar surface area (TPSA) is 24.4 Å². The maximum Gasteiger partial charge on any atom is 0.0934 e. The van der Waals surface area contributed by atoms with Gasteiger partial charge in [0.05, 0.1) is 11.4 Å². The maximum absolute atomic E-state index is 4.15. The van der Waals surface area contributed by atoms with Crippen molar-refractivity contribution in [1.82, 2.24) is 0 Å². The minimum atomic E-state index is 0.845. The zero-order valence-corrected chi connectivity index (χ0v) is 11.6. The molecule has 0 spiro atoms. The van der Waals surface area contributed by atoms with Gasteiger partial charge in [-0.2, -0.15) is 0 Å². The first-order chi connectivity index (χ1) is 8.77. The lowest BCUT2D eigenvalue weighted by atomic mass is 9.98. The summed E-state index contributed by atoms with van der Waals surface area (Å²) in [6.07, 6.45) is 5.14. The highest BCUT2D eigenvalue weighted by atomic mass is 14.9. The van der Waals surface area contributed by atoms with Crippen LogP contribution in [0.15, 0.2) is 29.8 Å². The lowest BCUT2D eigenvalue weighted by Crippen LogP contribution is -2.05. The van der Waals surface area contributed by atoms with Gasteiger partial charge in [-0.3, -0.25) is 4.99 Å². The molecule has 0 amide bonds. The lowest BCUT2D eigenvalue weighted by Gasteiger charge is -2.18. The van der Waals surface area contributed by atoms with Gasteiger partial charge in [0.25, 0.3) is 0 Å². The van der Waals surface area contributed by atoms with Crippen LogP contribution in [0.1, 0.15) is 38.3 Å². The van der Waals surface area contributed by atoms with E-state index >= 15 is 0 Å². The first kappa shape index (κ1) is 14.2. The normalized spacial score (nSPS) is 11.7. The molecule has 1 aromatic rings. The Morgan fingerprint density at radius 2 is 2.11 bits per heavy atom. The Hall–Kier alpha value is -1.83. The number of anilines is 1. The van der Waals surface area contributed by atoms with E-state index in [1.54, 1.807) is 0 Å². The largest absolute Gasteiger partial charge is 0.379 e. The lowest BCUT2D eigenvalue weighted by molar-refractivity contribution is 1.23. The van der Waals surface area contributed by atoms with Crippen LogP contribution in [0.3, 0.4) is 0 Å². The van der Waals surface area contributed by atoms with Gasteiger partial charge in [-0.15, -0.1) is 0 Å². The van der Waals surface area contributed by atoms with Gasteiger partial charge in [-0.05, 0) is 24.3 Å². The molecule has 0 saturated carbocycles. The van der Waals surface area contributed by atoms with Gasteiger partial charge in [0, 0.05) is 12.1 Å². The molecule has 0 atom stereocenters. The van der Waals surface area contributed by atoms with Crippen molar-refractivity contribution in [3.8, 4) is 0 Å². The molecule has 2 rings (SSSR count). The van der Waals surface area contributed by atoms with E-state index in [0.29, 0.717) is 0 Å². The number of hydrogen-bond acceptors (Lipinski definition) is 2. The van der Waals surface area contributed by atoms with Gasteiger partial charge in [0.15, 0.2) is 0 Å². The zero-order valence-electron chi connectivity index (χ0n) is 11.6. The van der Waals surface area contributed by atoms with Gasteiger partial charge in [-0.1, -0.05) is 51.6 Å². The number of aliphatic imine (C=N–C) groups is 1. The van der Waals surface area contributed by atoms with E-state index in [2.05, 4.69) is 54.8 Å². The Balaban J connectivity index is 0.000000771. The predicted molar refractivity (Wildman–Crippen MR) is 83.8 cm³/mol. The fourth-order valence-corrected chi connectivity index (χ4v) is 1.92. The molecule has 0 radical (unpaired) electrons. The molecule has 0 fully saturated rings. The maximum atomic E-state index is 4.15. The van der Waals surface area contributed by atoms with E-state index in [-0.39, 0.29) is 0 Å². The van der Waals surface area contributed by atoms with Gasteiger partial charge < -0.3 is 5.32 Å². The number of nitrogens with one attached hydrogen (secondary N) is 1. The Morgan fingerprint density at radius 1 is 1.39 bits per heavy atom. The number of allylic oxidation sites excluding steroid dienone is 1. The first-order valence-corrected chi connectivity index (χ1v) is 6.50. The highest BCUT2D eigenvalue weighted by Crippen LogP contribution is 2.38. The summed E-state index contributed by atoms with van der Waals surface area (Å²) in [6.45, 7) is 14.7. The van der Waals surface area contributed by atoms with Gasteiger partial charge >= 0.3 is 0 Å². The van der Waals surface area contributed by atoms with Gasteiger partial charge in [-0.25, -0.2) is 0 Å². The molecule has 0 bridgehead atoms. The number of rotatable bonds is 3. The van der Waals surface area contributed by atoms with Crippen molar-refractivity contribution in [2.75, 3.05) is 11.9 Å². The molecule has 0 saturated heterocycles. The average Bonchev–Trinajstić information content (AvgIpc) is 2.47. The Kier molecular flexibility index (Phi) is 5.37. The van der Waals surface area contributed by atoms with E-state index in [9.17, 15) is 0 Å². The second-order valence-electron chi connectivity index (χ2n) is 3.82. The molecule has 1 aromatic carbocycles. The van der Waals surface area contributed by atoms with Crippen LogP contribution in [0.4, 0.5) is 11.4 Å². The Labute approximate surface area is 110 Å². The molecule has 1 aliphatic rings. The summed E-state index contributed by atoms with van der Waals surface area (Å²) in [5.74, 6) is 0. The fourth-order valence-electron chi connectivity index (χ4n) is 1.92. The third-order valence-electron chi connectivity index (χ3n) is 2.87. The summed E-state index contributed by atoms with van der Waals surface area (Å²) >= 11 is 0. The molecule has 0 aromatic heterocycles. The van der Waals surface area contributed by atoms with Crippen molar-refractivity contribution >= 4 is 29.7 Å². The second kappa shape index (κ2) is 6.80. The highest BCUT2D eigenvalue weighted by Gasteiger charge is 2.13. The predicted octanol–water partition coefficient (Wildman–Crippen LogP) is 4.91. The van der Waals surface area contributed by atoms with Crippen LogP contribution in [0.2, 0.25) is 0 Å². The standard InChI is InChI=1S/C14H16N2.C2H6/c1-4-10(2)12-8-7-11-6-5-9-16-13(11)14(12)15-3;1-2/h5-8,16H,2-4,9H2,1H3;1-2H3. The van der Waals surface area contributed by atoms with Crippen molar-refractivity contribution in [3.05, 3.63) is 35.9 Å². The van der Waals surface area contributed by atoms with Crippen LogP contribution >= 0.6 is 0 Å². The first-order valence-electron chi connectivity index (χ1n) is 6.50. The summed E-state index contributed by atoms with van der Waals surface area (Å²) in [4.78, 5) is 4.15. The van der Waals surface area contributed by atoms with Crippen molar-refractivity contribution in [2.45, 2.75) is 27.2 Å². The van der Waals surface area contributed by atoms with Crippen LogP contribution < -0.4 is 5.32 Å². The summed E-state index contributed by atoms with van der Waals surface area (Å²) in [6, 6.07) is 4.18. The van der Waals surface area contributed by atoms with Crippen LogP contribution in [-0.4, -0.2) is 13.3 Å². The Bertz CT molecular complexity index is 470. The van der Waals surface area contributed by atoms with Gasteiger partial charge in [0.1, 0.15) is 0 Å². The van der Waals surface area contributed by atoms with Crippen molar-refractivity contribution < 1.29 is 0 Å². The van der Waals surface area contributed by atoms with Crippen LogP contribution in [0.25, 0.3) is 11.6 Å². The fraction of sp³-hybridized carbons (Fsp3) is 0.312. The smallest absolute Gasteiger partial charge is 0.0934 e. The van der Waals surface area contributed by atoms with Crippen molar-refractivity contribution in [1.29, 1.82) is 0 Å². The SMILES string of the molecule is C=Nc1c(C(=C)CC)ccc2c1NCC=C2.CC. The molecule has 1 aliphatic heterocycles. The molecular weight excluding hydrogens is 220 g/mol. The summed E-state index contributed by atoms with van der Waals surface area (Å²) in [5, 5.41) is 3.34. The van der Waals surface area contributed by atoms with Crippen LogP contribution in [-0.2, 0) is 0 Å². The van der Waals surface area contributed by atoms with E-state index in [1.807, 2.05) is 13.8 Å².